The van der Waals surface area contributed by atoms with Gasteiger partial charge in [-0.3, -0.25) is 0 Å². The first-order valence-electron chi connectivity index (χ1n) is 6.67. The third-order valence-electron chi connectivity index (χ3n) is 2.61. The van der Waals surface area contributed by atoms with Gasteiger partial charge in [0, 0.05) is 24.9 Å². The lowest BCUT2D eigenvalue weighted by Gasteiger charge is -2.24. The highest BCUT2D eigenvalue weighted by atomic mass is 16.5. The Kier molecular flexibility index (Phi) is 6.71. The Hall–Kier alpha value is -1.02. The minimum atomic E-state index is 0.588. The van der Waals surface area contributed by atoms with Crippen LogP contribution in [0.2, 0.25) is 0 Å². The van der Waals surface area contributed by atoms with Crippen LogP contribution in [-0.2, 0) is 4.74 Å². The maximum Gasteiger partial charge on any atom is 0.0485 e. The molecule has 0 unspecified atom stereocenters. The fourth-order valence-corrected chi connectivity index (χ4v) is 1.81. The molecule has 1 aromatic carbocycles. The van der Waals surface area contributed by atoms with E-state index in [0.29, 0.717) is 6.04 Å². The summed E-state index contributed by atoms with van der Waals surface area (Å²) >= 11 is 0. The van der Waals surface area contributed by atoms with Crippen molar-refractivity contribution in [1.29, 1.82) is 0 Å². The van der Waals surface area contributed by atoms with Gasteiger partial charge in [-0.05, 0) is 37.5 Å². The lowest BCUT2D eigenvalue weighted by molar-refractivity contribution is 0.0904. The van der Waals surface area contributed by atoms with Crippen molar-refractivity contribution in [2.45, 2.75) is 46.1 Å². The van der Waals surface area contributed by atoms with Crippen molar-refractivity contribution in [2.75, 3.05) is 18.5 Å². The quantitative estimate of drug-likeness (QED) is 0.836. The third-order valence-corrected chi connectivity index (χ3v) is 2.61. The van der Waals surface area contributed by atoms with E-state index < -0.39 is 0 Å². The summed E-state index contributed by atoms with van der Waals surface area (Å²) in [6.07, 6.45) is 3.49. The molecule has 1 aliphatic rings. The molecule has 0 saturated carbocycles. The van der Waals surface area contributed by atoms with E-state index >= 15 is 0 Å². The number of rotatable bonds is 2. The summed E-state index contributed by atoms with van der Waals surface area (Å²) in [5, 5.41) is 3.54. The minimum Gasteiger partial charge on any atom is -0.382 e. The molecule has 0 amide bonds. The summed E-state index contributed by atoms with van der Waals surface area (Å²) < 4.78 is 5.32. The largest absolute Gasteiger partial charge is 0.382 e. The molecule has 2 heteroatoms. The lowest BCUT2D eigenvalue weighted by Crippen LogP contribution is -2.27. The van der Waals surface area contributed by atoms with Gasteiger partial charge in [0.15, 0.2) is 0 Å². The molecule has 0 aliphatic carbocycles. The molecule has 0 spiro atoms. The molecule has 1 heterocycles. The molecule has 1 fully saturated rings. The molecule has 0 radical (unpaired) electrons. The Morgan fingerprint density at radius 1 is 1.24 bits per heavy atom. The van der Waals surface area contributed by atoms with E-state index in [1.807, 2.05) is 0 Å². The standard InChI is InChI=1S/C12H17NO.C3H8/c1-10-3-2-4-12(9-10)13-11-5-7-14-8-6-11;1-3-2/h2-4,9,11,13H,5-8H2,1H3;3H2,1-2H3. The normalized spacial score (nSPS) is 15.9. The van der Waals surface area contributed by atoms with Gasteiger partial charge >= 0.3 is 0 Å². The predicted molar refractivity (Wildman–Crippen MR) is 74.6 cm³/mol. The zero-order valence-corrected chi connectivity index (χ0v) is 11.3. The number of hydrogen-bond acceptors (Lipinski definition) is 2. The first-order chi connectivity index (χ1) is 8.26. The Bertz CT molecular complexity index is 306. The zero-order valence-electron chi connectivity index (χ0n) is 11.3. The first kappa shape index (κ1) is 14.0. The second-order valence-corrected chi connectivity index (χ2v) is 4.61. The van der Waals surface area contributed by atoms with Gasteiger partial charge in [-0.25, -0.2) is 0 Å². The predicted octanol–water partition coefficient (Wildman–Crippen LogP) is 4.00. The maximum atomic E-state index is 5.32. The molecule has 1 N–H and O–H groups in total. The van der Waals surface area contributed by atoms with E-state index in [1.54, 1.807) is 0 Å². The van der Waals surface area contributed by atoms with Crippen LogP contribution in [0.4, 0.5) is 5.69 Å². The van der Waals surface area contributed by atoms with Gasteiger partial charge in [-0.2, -0.15) is 0 Å². The van der Waals surface area contributed by atoms with Crippen LogP contribution < -0.4 is 5.32 Å². The summed E-state index contributed by atoms with van der Waals surface area (Å²) in [5.74, 6) is 0. The molecular formula is C15H25NO. The topological polar surface area (TPSA) is 21.3 Å². The van der Waals surface area contributed by atoms with Crippen LogP contribution in [0.5, 0.6) is 0 Å². The SMILES string of the molecule is CCC.Cc1cccc(NC2CCOCC2)c1. The van der Waals surface area contributed by atoms with Crippen molar-refractivity contribution in [3.63, 3.8) is 0 Å². The fourth-order valence-electron chi connectivity index (χ4n) is 1.81. The van der Waals surface area contributed by atoms with E-state index in [-0.39, 0.29) is 0 Å². The first-order valence-corrected chi connectivity index (χ1v) is 6.67. The molecule has 2 nitrogen and oxygen atoms in total. The van der Waals surface area contributed by atoms with Gasteiger partial charge < -0.3 is 10.1 Å². The van der Waals surface area contributed by atoms with Crippen LogP contribution in [0.15, 0.2) is 24.3 Å². The molecular weight excluding hydrogens is 210 g/mol. The molecule has 0 aromatic heterocycles. The van der Waals surface area contributed by atoms with Gasteiger partial charge in [0.25, 0.3) is 0 Å². The maximum absolute atomic E-state index is 5.32. The minimum absolute atomic E-state index is 0.588. The molecule has 1 aliphatic heterocycles. The van der Waals surface area contributed by atoms with E-state index in [2.05, 4.69) is 50.4 Å². The number of benzene rings is 1. The molecule has 0 atom stereocenters. The second kappa shape index (κ2) is 8.13. The summed E-state index contributed by atoms with van der Waals surface area (Å²) in [6, 6.07) is 9.12. The number of hydrogen-bond donors (Lipinski definition) is 1. The second-order valence-electron chi connectivity index (χ2n) is 4.61. The average Bonchev–Trinajstić information content (AvgIpc) is 2.31. The summed E-state index contributed by atoms with van der Waals surface area (Å²) in [5.41, 5.74) is 2.54. The highest BCUT2D eigenvalue weighted by Crippen LogP contribution is 2.15. The van der Waals surface area contributed by atoms with Crippen molar-refractivity contribution in [2.24, 2.45) is 0 Å². The van der Waals surface area contributed by atoms with Crippen molar-refractivity contribution in [3.05, 3.63) is 29.8 Å². The van der Waals surface area contributed by atoms with Crippen LogP contribution in [0.25, 0.3) is 0 Å². The highest BCUT2D eigenvalue weighted by molar-refractivity contribution is 5.46. The Balaban J connectivity index is 0.000000437. The van der Waals surface area contributed by atoms with E-state index in [0.717, 1.165) is 26.1 Å². The number of nitrogens with one attached hydrogen (secondary N) is 1. The van der Waals surface area contributed by atoms with E-state index in [4.69, 9.17) is 4.74 Å². The van der Waals surface area contributed by atoms with Gasteiger partial charge in [0.2, 0.25) is 0 Å². The van der Waals surface area contributed by atoms with Crippen LogP contribution >= 0.6 is 0 Å². The van der Waals surface area contributed by atoms with Crippen molar-refractivity contribution >= 4 is 5.69 Å². The summed E-state index contributed by atoms with van der Waals surface area (Å²) in [4.78, 5) is 0. The lowest BCUT2D eigenvalue weighted by atomic mass is 10.1. The Morgan fingerprint density at radius 3 is 2.47 bits per heavy atom. The summed E-state index contributed by atoms with van der Waals surface area (Å²) in [6.45, 7) is 8.15. The van der Waals surface area contributed by atoms with Crippen LogP contribution in [0.1, 0.15) is 38.7 Å². The Morgan fingerprint density at radius 2 is 1.88 bits per heavy atom. The molecule has 0 bridgehead atoms. The van der Waals surface area contributed by atoms with Crippen molar-refractivity contribution < 1.29 is 4.74 Å². The molecule has 1 saturated heterocycles. The van der Waals surface area contributed by atoms with Gasteiger partial charge in [-0.15, -0.1) is 0 Å². The van der Waals surface area contributed by atoms with Crippen molar-refractivity contribution in [3.8, 4) is 0 Å². The van der Waals surface area contributed by atoms with Crippen LogP contribution in [0.3, 0.4) is 0 Å². The fraction of sp³-hybridized carbons (Fsp3) is 0.600. The highest BCUT2D eigenvalue weighted by Gasteiger charge is 2.12. The van der Waals surface area contributed by atoms with Gasteiger partial charge in [0.05, 0.1) is 0 Å². The molecule has 17 heavy (non-hydrogen) atoms. The van der Waals surface area contributed by atoms with Gasteiger partial charge in [-0.1, -0.05) is 32.4 Å². The molecule has 96 valence electrons. The van der Waals surface area contributed by atoms with E-state index in [1.165, 1.54) is 17.7 Å². The van der Waals surface area contributed by atoms with E-state index in [9.17, 15) is 0 Å². The average molecular weight is 235 g/mol. The summed E-state index contributed by atoms with van der Waals surface area (Å²) in [7, 11) is 0. The van der Waals surface area contributed by atoms with Crippen LogP contribution in [0, 0.1) is 6.92 Å². The van der Waals surface area contributed by atoms with Crippen molar-refractivity contribution in [1.82, 2.24) is 0 Å². The molecule has 1 aromatic rings. The van der Waals surface area contributed by atoms with Crippen LogP contribution in [-0.4, -0.2) is 19.3 Å². The number of anilines is 1. The number of aryl methyl sites for hydroxylation is 1. The molecule has 2 rings (SSSR count). The Labute approximate surface area is 105 Å². The third kappa shape index (κ3) is 5.73. The van der Waals surface area contributed by atoms with Gasteiger partial charge in [0.1, 0.15) is 0 Å². The smallest absolute Gasteiger partial charge is 0.0485 e. The monoisotopic (exact) mass is 235 g/mol. The zero-order chi connectivity index (χ0) is 12.5. The number of ether oxygens (including phenoxy) is 1.